The number of halogens is 1. The molecular formula is C17H26ClN3O2. The lowest BCUT2D eigenvalue weighted by molar-refractivity contribution is -0.122. The van der Waals surface area contributed by atoms with Crippen LogP contribution in [0.2, 0.25) is 0 Å². The van der Waals surface area contributed by atoms with E-state index in [4.69, 9.17) is 5.73 Å². The lowest BCUT2D eigenvalue weighted by Gasteiger charge is -2.27. The van der Waals surface area contributed by atoms with Crippen LogP contribution in [0, 0.1) is 11.8 Å². The molecule has 0 spiro atoms. The van der Waals surface area contributed by atoms with E-state index in [1.165, 1.54) is 0 Å². The Morgan fingerprint density at radius 1 is 1.26 bits per heavy atom. The zero-order chi connectivity index (χ0) is 15.9. The van der Waals surface area contributed by atoms with Crippen LogP contribution in [-0.2, 0) is 11.3 Å². The van der Waals surface area contributed by atoms with Crippen LogP contribution in [0.15, 0.2) is 24.3 Å². The van der Waals surface area contributed by atoms with E-state index in [0.717, 1.165) is 31.5 Å². The van der Waals surface area contributed by atoms with E-state index >= 15 is 0 Å². The molecular weight excluding hydrogens is 314 g/mol. The molecule has 1 aliphatic rings. The van der Waals surface area contributed by atoms with Gasteiger partial charge in [0.05, 0.1) is 0 Å². The van der Waals surface area contributed by atoms with Crippen LogP contribution in [0.1, 0.15) is 42.1 Å². The topological polar surface area (TPSA) is 84.2 Å². The molecule has 4 N–H and O–H groups in total. The van der Waals surface area contributed by atoms with Crippen molar-refractivity contribution in [1.82, 2.24) is 10.6 Å². The molecule has 0 aliphatic carbocycles. The molecule has 0 saturated carbocycles. The summed E-state index contributed by atoms with van der Waals surface area (Å²) in [4.78, 5) is 23.0. The molecule has 1 atom stereocenters. The molecule has 0 radical (unpaired) electrons. The van der Waals surface area contributed by atoms with Crippen molar-refractivity contribution in [3.05, 3.63) is 35.4 Å². The third-order valence-corrected chi connectivity index (χ3v) is 4.42. The van der Waals surface area contributed by atoms with Crippen LogP contribution in [0.5, 0.6) is 0 Å². The highest BCUT2D eigenvalue weighted by Gasteiger charge is 2.21. The highest BCUT2D eigenvalue weighted by atomic mass is 35.5. The van der Waals surface area contributed by atoms with Gasteiger partial charge in [-0.15, -0.1) is 12.4 Å². The highest BCUT2D eigenvalue weighted by molar-refractivity contribution is 5.92. The molecule has 1 fully saturated rings. The second kappa shape index (κ2) is 9.53. The van der Waals surface area contributed by atoms with E-state index in [9.17, 15) is 9.59 Å². The van der Waals surface area contributed by atoms with Gasteiger partial charge in [0.25, 0.3) is 0 Å². The van der Waals surface area contributed by atoms with Crippen LogP contribution in [0.4, 0.5) is 0 Å². The number of carbonyl (C=O) groups excluding carboxylic acids is 2. The molecule has 5 nitrogen and oxygen atoms in total. The molecule has 128 valence electrons. The summed E-state index contributed by atoms with van der Waals surface area (Å²) in [5.74, 6) is 0.706. The zero-order valence-electron chi connectivity index (χ0n) is 13.5. The van der Waals surface area contributed by atoms with Crippen molar-refractivity contribution in [2.75, 3.05) is 13.1 Å². The third-order valence-electron chi connectivity index (χ3n) is 4.42. The van der Waals surface area contributed by atoms with E-state index in [-0.39, 0.29) is 18.3 Å². The number of hydrogen-bond donors (Lipinski definition) is 3. The summed E-state index contributed by atoms with van der Waals surface area (Å²) < 4.78 is 0. The Labute approximate surface area is 143 Å². The molecule has 0 bridgehead atoms. The molecule has 1 heterocycles. The first kappa shape index (κ1) is 19.5. The van der Waals surface area contributed by atoms with Crippen molar-refractivity contribution in [1.29, 1.82) is 0 Å². The Bertz CT molecular complexity index is 513. The standard InChI is InChI=1S/C17H25N3O2.ClH/c1-12(14-6-8-19-9-7-14)10-16(21)20-11-13-2-4-15(5-3-13)17(18)22;/h2-5,12,14,19H,6-11H2,1H3,(H2,18,22)(H,20,21);1H. The van der Waals surface area contributed by atoms with Gasteiger partial charge in [0.1, 0.15) is 0 Å². The Morgan fingerprint density at radius 3 is 2.43 bits per heavy atom. The maximum atomic E-state index is 12.0. The van der Waals surface area contributed by atoms with Crippen LogP contribution in [0.3, 0.4) is 0 Å². The quantitative estimate of drug-likeness (QED) is 0.739. The van der Waals surface area contributed by atoms with Gasteiger partial charge in [0, 0.05) is 18.5 Å². The van der Waals surface area contributed by atoms with Gasteiger partial charge >= 0.3 is 0 Å². The minimum absolute atomic E-state index is 0. The number of rotatable bonds is 6. The second-order valence-corrected chi connectivity index (χ2v) is 6.11. The number of amides is 2. The number of nitrogens with two attached hydrogens (primary N) is 1. The molecule has 23 heavy (non-hydrogen) atoms. The van der Waals surface area contributed by atoms with Gasteiger partial charge in [-0.3, -0.25) is 9.59 Å². The van der Waals surface area contributed by atoms with Gasteiger partial charge in [0.2, 0.25) is 11.8 Å². The minimum Gasteiger partial charge on any atom is -0.366 e. The average Bonchev–Trinajstić information content (AvgIpc) is 2.54. The smallest absolute Gasteiger partial charge is 0.248 e. The highest BCUT2D eigenvalue weighted by Crippen LogP contribution is 2.24. The maximum Gasteiger partial charge on any atom is 0.248 e. The van der Waals surface area contributed by atoms with Crippen LogP contribution in [0.25, 0.3) is 0 Å². The van der Waals surface area contributed by atoms with E-state index in [1.54, 1.807) is 12.1 Å². The molecule has 1 saturated heterocycles. The number of nitrogens with one attached hydrogen (secondary N) is 2. The number of carbonyl (C=O) groups is 2. The van der Waals surface area contributed by atoms with E-state index in [2.05, 4.69) is 17.6 Å². The lowest BCUT2D eigenvalue weighted by Crippen LogP contribution is -2.33. The fourth-order valence-corrected chi connectivity index (χ4v) is 2.93. The largest absolute Gasteiger partial charge is 0.366 e. The van der Waals surface area contributed by atoms with E-state index < -0.39 is 5.91 Å². The average molecular weight is 340 g/mol. The predicted molar refractivity (Wildman–Crippen MR) is 93.4 cm³/mol. The van der Waals surface area contributed by atoms with Gasteiger partial charge in [-0.05, 0) is 55.5 Å². The van der Waals surface area contributed by atoms with Crippen molar-refractivity contribution in [2.45, 2.75) is 32.7 Å². The predicted octanol–water partition coefficient (Wildman–Crippen LogP) is 1.85. The van der Waals surface area contributed by atoms with E-state index in [0.29, 0.717) is 30.4 Å². The van der Waals surface area contributed by atoms with Gasteiger partial charge in [0.15, 0.2) is 0 Å². The van der Waals surface area contributed by atoms with Crippen LogP contribution < -0.4 is 16.4 Å². The summed E-state index contributed by atoms with van der Waals surface area (Å²) in [6.45, 7) is 4.76. The SMILES string of the molecule is CC(CC(=O)NCc1ccc(C(N)=O)cc1)C1CCNCC1.Cl. The summed E-state index contributed by atoms with van der Waals surface area (Å²) in [7, 11) is 0. The van der Waals surface area contributed by atoms with Crippen molar-refractivity contribution in [2.24, 2.45) is 17.6 Å². The van der Waals surface area contributed by atoms with Gasteiger partial charge in [-0.25, -0.2) is 0 Å². The van der Waals surface area contributed by atoms with Gasteiger partial charge in [-0.2, -0.15) is 0 Å². The summed E-state index contributed by atoms with van der Waals surface area (Å²) in [5, 5.41) is 6.30. The molecule has 2 amide bonds. The molecule has 6 heteroatoms. The Balaban J connectivity index is 0.00000264. The number of primary amides is 1. The molecule has 2 rings (SSSR count). The lowest BCUT2D eigenvalue weighted by atomic mass is 9.84. The van der Waals surface area contributed by atoms with Crippen molar-refractivity contribution in [3.8, 4) is 0 Å². The Kier molecular flexibility index (Phi) is 8.06. The Hall–Kier alpha value is -1.59. The van der Waals surface area contributed by atoms with E-state index in [1.807, 2.05) is 12.1 Å². The number of piperidine rings is 1. The van der Waals surface area contributed by atoms with Gasteiger partial charge in [-0.1, -0.05) is 19.1 Å². The van der Waals surface area contributed by atoms with Crippen molar-refractivity contribution < 1.29 is 9.59 Å². The molecule has 0 aromatic heterocycles. The molecule has 1 aromatic rings. The minimum atomic E-state index is -0.439. The van der Waals surface area contributed by atoms with Crippen LogP contribution in [-0.4, -0.2) is 24.9 Å². The summed E-state index contributed by atoms with van der Waals surface area (Å²) in [5.41, 5.74) is 6.65. The fraction of sp³-hybridized carbons (Fsp3) is 0.529. The summed E-state index contributed by atoms with van der Waals surface area (Å²) >= 11 is 0. The molecule has 1 unspecified atom stereocenters. The third kappa shape index (κ3) is 6.20. The first-order valence-corrected chi connectivity index (χ1v) is 7.92. The molecule has 1 aliphatic heterocycles. The molecule has 1 aromatic carbocycles. The normalized spacial score (nSPS) is 16.2. The first-order valence-electron chi connectivity index (χ1n) is 7.92. The maximum absolute atomic E-state index is 12.0. The zero-order valence-corrected chi connectivity index (χ0v) is 14.3. The van der Waals surface area contributed by atoms with Crippen molar-refractivity contribution >= 4 is 24.2 Å². The second-order valence-electron chi connectivity index (χ2n) is 6.11. The summed E-state index contributed by atoms with van der Waals surface area (Å²) in [6.07, 6.45) is 2.89. The van der Waals surface area contributed by atoms with Gasteiger partial charge < -0.3 is 16.4 Å². The van der Waals surface area contributed by atoms with Crippen LogP contribution >= 0.6 is 12.4 Å². The van der Waals surface area contributed by atoms with Crippen molar-refractivity contribution in [3.63, 3.8) is 0 Å². The monoisotopic (exact) mass is 339 g/mol. The number of benzene rings is 1. The first-order chi connectivity index (χ1) is 10.6. The summed E-state index contributed by atoms with van der Waals surface area (Å²) in [6, 6.07) is 7.00. The fourth-order valence-electron chi connectivity index (χ4n) is 2.93. The Morgan fingerprint density at radius 2 is 1.87 bits per heavy atom. The number of hydrogen-bond acceptors (Lipinski definition) is 3.